The summed E-state index contributed by atoms with van der Waals surface area (Å²) in [6.45, 7) is 4.13. The molecule has 0 saturated heterocycles. The van der Waals surface area contributed by atoms with Crippen molar-refractivity contribution in [2.24, 2.45) is 10.4 Å². The fourth-order valence-electron chi connectivity index (χ4n) is 3.25. The highest BCUT2D eigenvalue weighted by Crippen LogP contribution is 2.36. The number of para-hydroxylation sites is 1. The molecule has 2 aromatic carbocycles. The zero-order valence-electron chi connectivity index (χ0n) is 14.7. The molecule has 128 valence electrons. The van der Waals surface area contributed by atoms with Gasteiger partial charge in [0.2, 0.25) is 0 Å². The maximum atomic E-state index is 12.7. The van der Waals surface area contributed by atoms with Crippen LogP contribution in [0.25, 0.3) is 0 Å². The Morgan fingerprint density at radius 2 is 1.60 bits per heavy atom. The number of carbonyl (C=O) groups is 1. The van der Waals surface area contributed by atoms with Gasteiger partial charge >= 0.3 is 0 Å². The quantitative estimate of drug-likeness (QED) is 0.620. The summed E-state index contributed by atoms with van der Waals surface area (Å²) in [5.74, 6) is 0.0840. The van der Waals surface area contributed by atoms with E-state index in [1.165, 1.54) is 0 Å². The van der Waals surface area contributed by atoms with E-state index in [4.69, 9.17) is 0 Å². The van der Waals surface area contributed by atoms with Crippen molar-refractivity contribution in [2.75, 3.05) is 0 Å². The minimum absolute atomic E-state index is 0.0284. The molecule has 3 heteroatoms. The molecule has 1 aliphatic rings. The number of benzene rings is 2. The second kappa shape index (κ2) is 7.06. The van der Waals surface area contributed by atoms with Gasteiger partial charge in [0.05, 0.1) is 17.0 Å². The van der Waals surface area contributed by atoms with Gasteiger partial charge in [-0.1, -0.05) is 62.4 Å². The van der Waals surface area contributed by atoms with E-state index in [1.54, 1.807) is 0 Å². The van der Waals surface area contributed by atoms with Gasteiger partial charge in [0, 0.05) is 12.8 Å². The molecular weight excluding hydrogens is 310 g/mol. The van der Waals surface area contributed by atoms with Crippen LogP contribution in [0.3, 0.4) is 0 Å². The number of aliphatic hydroxyl groups is 1. The Kier molecular flexibility index (Phi) is 4.84. The zero-order chi connectivity index (χ0) is 17.9. The molecule has 1 fully saturated rings. The summed E-state index contributed by atoms with van der Waals surface area (Å²) in [6, 6.07) is 19.3. The Labute approximate surface area is 148 Å². The summed E-state index contributed by atoms with van der Waals surface area (Å²) in [4.78, 5) is 17.4. The van der Waals surface area contributed by atoms with Crippen molar-refractivity contribution >= 4 is 17.2 Å². The molecule has 25 heavy (non-hydrogen) atoms. The van der Waals surface area contributed by atoms with Crippen LogP contribution in [0, 0.1) is 5.41 Å². The largest absolute Gasteiger partial charge is 0.511 e. The van der Waals surface area contributed by atoms with Crippen molar-refractivity contribution in [3.05, 3.63) is 77.6 Å². The summed E-state index contributed by atoms with van der Waals surface area (Å²) in [7, 11) is 0. The Hall–Kier alpha value is -2.68. The number of aliphatic imine (C=N–C) groups is 1. The first-order valence-electron chi connectivity index (χ1n) is 8.57. The zero-order valence-corrected chi connectivity index (χ0v) is 14.7. The summed E-state index contributed by atoms with van der Waals surface area (Å²) in [5, 5.41) is 10.7. The average molecular weight is 333 g/mol. The molecule has 0 aliphatic heterocycles. The molecule has 1 saturated carbocycles. The van der Waals surface area contributed by atoms with Crippen LogP contribution in [-0.4, -0.2) is 16.6 Å². The summed E-state index contributed by atoms with van der Waals surface area (Å²) >= 11 is 0. The fraction of sp³-hybridized carbons (Fsp3) is 0.273. The molecule has 3 rings (SSSR count). The van der Waals surface area contributed by atoms with Crippen molar-refractivity contribution in [1.29, 1.82) is 0 Å². The smallest absolute Gasteiger partial charge is 0.168 e. The molecule has 0 spiro atoms. The first-order chi connectivity index (χ1) is 11.9. The van der Waals surface area contributed by atoms with Gasteiger partial charge in [-0.25, -0.2) is 0 Å². The number of Topliss-reactive ketones (excluding diaryl/α,β-unsaturated/α-hetero) is 1. The Balaban J connectivity index is 2.02. The van der Waals surface area contributed by atoms with Crippen LogP contribution in [0.1, 0.15) is 32.3 Å². The van der Waals surface area contributed by atoms with Crippen LogP contribution < -0.4 is 0 Å². The van der Waals surface area contributed by atoms with Crippen LogP contribution >= 0.6 is 0 Å². The second-order valence-electron chi connectivity index (χ2n) is 7.32. The van der Waals surface area contributed by atoms with E-state index in [0.717, 1.165) is 11.3 Å². The number of rotatable bonds is 3. The van der Waals surface area contributed by atoms with Crippen molar-refractivity contribution in [2.45, 2.75) is 33.1 Å². The van der Waals surface area contributed by atoms with E-state index in [9.17, 15) is 9.90 Å². The highest BCUT2D eigenvalue weighted by molar-refractivity contribution is 6.25. The van der Waals surface area contributed by atoms with Crippen LogP contribution in [0.5, 0.6) is 0 Å². The van der Waals surface area contributed by atoms with Crippen LogP contribution in [0.2, 0.25) is 0 Å². The summed E-state index contributed by atoms with van der Waals surface area (Å²) < 4.78 is 0. The molecule has 3 nitrogen and oxygen atoms in total. The van der Waals surface area contributed by atoms with Gasteiger partial charge in [-0.2, -0.15) is 0 Å². The topological polar surface area (TPSA) is 49.7 Å². The number of aliphatic hydroxyl groups excluding tert-OH is 1. The Morgan fingerprint density at radius 3 is 2.24 bits per heavy atom. The lowest BCUT2D eigenvalue weighted by molar-refractivity contribution is -0.117. The molecule has 0 heterocycles. The van der Waals surface area contributed by atoms with Gasteiger partial charge in [-0.3, -0.25) is 9.79 Å². The molecule has 0 radical (unpaired) electrons. The SMILES string of the molecule is CC1(C)CC(=O)C(=C(O)Cc2ccccc2)C(=Nc2ccccc2)C1. The molecule has 0 bridgehead atoms. The Bertz CT molecular complexity index is 818. The van der Waals surface area contributed by atoms with Crippen LogP contribution in [0.4, 0.5) is 5.69 Å². The van der Waals surface area contributed by atoms with Gasteiger partial charge in [0.25, 0.3) is 0 Å². The van der Waals surface area contributed by atoms with Crippen LogP contribution in [0.15, 0.2) is 77.0 Å². The minimum Gasteiger partial charge on any atom is -0.511 e. The van der Waals surface area contributed by atoms with E-state index in [1.807, 2.05) is 60.7 Å². The van der Waals surface area contributed by atoms with Gasteiger partial charge in [0.1, 0.15) is 5.76 Å². The number of allylic oxidation sites excluding steroid dienone is 2. The number of nitrogens with zero attached hydrogens (tertiary/aromatic N) is 1. The molecule has 1 aliphatic carbocycles. The third-order valence-electron chi connectivity index (χ3n) is 4.38. The molecule has 0 aromatic heterocycles. The minimum atomic E-state index is -0.152. The van der Waals surface area contributed by atoms with Gasteiger partial charge < -0.3 is 5.11 Å². The molecule has 0 atom stereocenters. The third-order valence-corrected chi connectivity index (χ3v) is 4.38. The normalized spacial score (nSPS) is 20.6. The molecule has 0 amide bonds. The standard InChI is InChI=1S/C22H23NO2/c1-22(2)14-18(23-17-11-7-4-8-12-17)21(20(25)15-22)19(24)13-16-9-5-3-6-10-16/h3-12,24H,13-15H2,1-2H3. The number of ketones is 1. The fourth-order valence-corrected chi connectivity index (χ4v) is 3.25. The van der Waals surface area contributed by atoms with Crippen molar-refractivity contribution in [3.8, 4) is 0 Å². The third kappa shape index (κ3) is 4.24. The van der Waals surface area contributed by atoms with E-state index in [-0.39, 0.29) is 17.0 Å². The number of hydrogen-bond acceptors (Lipinski definition) is 3. The summed E-state index contributed by atoms with van der Waals surface area (Å²) in [6.07, 6.45) is 1.44. The van der Waals surface area contributed by atoms with E-state index >= 15 is 0 Å². The van der Waals surface area contributed by atoms with Gasteiger partial charge in [-0.15, -0.1) is 0 Å². The first kappa shape index (κ1) is 17.2. The highest BCUT2D eigenvalue weighted by atomic mass is 16.3. The van der Waals surface area contributed by atoms with E-state index in [2.05, 4.69) is 18.8 Å². The van der Waals surface area contributed by atoms with Gasteiger partial charge in [0.15, 0.2) is 5.78 Å². The van der Waals surface area contributed by atoms with Crippen molar-refractivity contribution in [1.82, 2.24) is 0 Å². The summed E-state index contributed by atoms with van der Waals surface area (Å²) in [5.41, 5.74) is 2.70. The van der Waals surface area contributed by atoms with Crippen molar-refractivity contribution < 1.29 is 9.90 Å². The number of hydrogen-bond donors (Lipinski definition) is 1. The average Bonchev–Trinajstić information content (AvgIpc) is 2.55. The Morgan fingerprint density at radius 1 is 1.00 bits per heavy atom. The molecule has 2 aromatic rings. The molecule has 1 N–H and O–H groups in total. The molecule has 0 unspecified atom stereocenters. The lowest BCUT2D eigenvalue weighted by Gasteiger charge is -2.31. The first-order valence-corrected chi connectivity index (χ1v) is 8.57. The lowest BCUT2D eigenvalue weighted by Crippen LogP contribution is -2.32. The maximum absolute atomic E-state index is 12.7. The number of carbonyl (C=O) groups excluding carboxylic acids is 1. The maximum Gasteiger partial charge on any atom is 0.168 e. The van der Waals surface area contributed by atoms with E-state index < -0.39 is 0 Å². The van der Waals surface area contributed by atoms with E-state index in [0.29, 0.717) is 30.5 Å². The molecular formula is C22H23NO2. The predicted molar refractivity (Wildman–Crippen MR) is 101 cm³/mol. The lowest BCUT2D eigenvalue weighted by atomic mass is 9.73. The highest BCUT2D eigenvalue weighted by Gasteiger charge is 2.36. The van der Waals surface area contributed by atoms with Gasteiger partial charge in [-0.05, 0) is 29.5 Å². The van der Waals surface area contributed by atoms with Crippen molar-refractivity contribution in [3.63, 3.8) is 0 Å². The second-order valence-corrected chi connectivity index (χ2v) is 7.32. The van der Waals surface area contributed by atoms with Crippen LogP contribution in [-0.2, 0) is 11.2 Å². The predicted octanol–water partition coefficient (Wildman–Crippen LogP) is 5.20. The monoisotopic (exact) mass is 333 g/mol.